The van der Waals surface area contributed by atoms with Gasteiger partial charge in [0.1, 0.15) is 11.8 Å². The van der Waals surface area contributed by atoms with Crippen molar-refractivity contribution < 1.29 is 9.53 Å². The number of thiophene rings is 1. The molecule has 3 rings (SSSR count). The Kier molecular flexibility index (Phi) is 5.19. The Morgan fingerprint density at radius 2 is 2.19 bits per heavy atom. The number of carbonyl (C=O) groups is 1. The molecule has 0 aliphatic carbocycles. The maximum atomic E-state index is 11.0. The first-order valence-electron chi connectivity index (χ1n) is 8.30. The van der Waals surface area contributed by atoms with E-state index in [4.69, 9.17) is 15.5 Å². The topological polar surface area (TPSA) is 89.0 Å². The van der Waals surface area contributed by atoms with Crippen molar-refractivity contribution in [3.63, 3.8) is 0 Å². The van der Waals surface area contributed by atoms with Gasteiger partial charge in [-0.2, -0.15) is 16.6 Å². The monoisotopic (exact) mass is 365 g/mol. The SMILES string of the molecule is CC(C)Cc1nc2ccc(OCC(N)=O)cc2c(-c2ccsc2)c1C#N. The third-order valence-corrected chi connectivity index (χ3v) is 4.62. The van der Waals surface area contributed by atoms with Crippen LogP contribution in [0, 0.1) is 17.2 Å². The van der Waals surface area contributed by atoms with Crippen LogP contribution in [0.4, 0.5) is 0 Å². The Labute approximate surface area is 156 Å². The number of benzene rings is 1. The molecule has 0 aliphatic heterocycles. The number of carbonyl (C=O) groups excluding carboxylic acids is 1. The summed E-state index contributed by atoms with van der Waals surface area (Å²) in [4.78, 5) is 15.7. The van der Waals surface area contributed by atoms with Gasteiger partial charge < -0.3 is 10.5 Å². The van der Waals surface area contributed by atoms with E-state index >= 15 is 0 Å². The fraction of sp³-hybridized carbons (Fsp3) is 0.250. The van der Waals surface area contributed by atoms with Gasteiger partial charge in [0.15, 0.2) is 6.61 Å². The lowest BCUT2D eigenvalue weighted by atomic mass is 9.93. The van der Waals surface area contributed by atoms with Crippen LogP contribution in [0.25, 0.3) is 22.0 Å². The van der Waals surface area contributed by atoms with Crippen LogP contribution >= 0.6 is 11.3 Å². The number of pyridine rings is 1. The van der Waals surface area contributed by atoms with Gasteiger partial charge in [0, 0.05) is 10.9 Å². The Hall–Kier alpha value is -2.91. The van der Waals surface area contributed by atoms with Gasteiger partial charge in [-0.15, -0.1) is 0 Å². The van der Waals surface area contributed by atoms with Crippen LogP contribution in [-0.2, 0) is 11.2 Å². The molecular weight excluding hydrogens is 346 g/mol. The van der Waals surface area contributed by atoms with Gasteiger partial charge in [0.05, 0.1) is 16.8 Å². The van der Waals surface area contributed by atoms with Crippen LogP contribution in [0.2, 0.25) is 0 Å². The molecule has 0 atom stereocenters. The summed E-state index contributed by atoms with van der Waals surface area (Å²) in [6.45, 7) is 4.03. The molecule has 26 heavy (non-hydrogen) atoms. The lowest BCUT2D eigenvalue weighted by molar-refractivity contribution is -0.119. The predicted molar refractivity (Wildman–Crippen MR) is 103 cm³/mol. The van der Waals surface area contributed by atoms with E-state index in [-0.39, 0.29) is 6.61 Å². The zero-order chi connectivity index (χ0) is 18.7. The zero-order valence-corrected chi connectivity index (χ0v) is 15.5. The van der Waals surface area contributed by atoms with Crippen LogP contribution < -0.4 is 10.5 Å². The highest BCUT2D eigenvalue weighted by atomic mass is 32.1. The first kappa shape index (κ1) is 17.9. The molecule has 0 radical (unpaired) electrons. The molecule has 2 aromatic heterocycles. The number of hydrogen-bond acceptors (Lipinski definition) is 5. The summed E-state index contributed by atoms with van der Waals surface area (Å²) >= 11 is 1.58. The number of primary amides is 1. The number of amides is 1. The summed E-state index contributed by atoms with van der Waals surface area (Å²) in [6.07, 6.45) is 0.732. The van der Waals surface area contributed by atoms with Crippen molar-refractivity contribution >= 4 is 28.1 Å². The van der Waals surface area contributed by atoms with E-state index in [1.807, 2.05) is 29.0 Å². The molecule has 0 saturated carbocycles. The molecule has 5 nitrogen and oxygen atoms in total. The largest absolute Gasteiger partial charge is 0.484 e. The van der Waals surface area contributed by atoms with Crippen LogP contribution in [0.5, 0.6) is 5.75 Å². The molecule has 0 fully saturated rings. The van der Waals surface area contributed by atoms with Crippen LogP contribution in [0.15, 0.2) is 35.0 Å². The van der Waals surface area contributed by atoms with E-state index in [1.165, 1.54) is 0 Å². The predicted octanol–water partition coefficient (Wildman–Crippen LogP) is 3.90. The first-order chi connectivity index (χ1) is 12.5. The number of hydrogen-bond donors (Lipinski definition) is 1. The van der Waals surface area contributed by atoms with Crippen molar-refractivity contribution in [1.29, 1.82) is 5.26 Å². The third kappa shape index (κ3) is 3.68. The van der Waals surface area contributed by atoms with E-state index in [9.17, 15) is 10.1 Å². The van der Waals surface area contributed by atoms with Crippen LogP contribution in [0.1, 0.15) is 25.1 Å². The van der Waals surface area contributed by atoms with E-state index in [2.05, 4.69) is 19.9 Å². The summed E-state index contributed by atoms with van der Waals surface area (Å²) in [5, 5.41) is 14.7. The minimum atomic E-state index is -0.536. The van der Waals surface area contributed by atoms with Crippen molar-refractivity contribution in [1.82, 2.24) is 4.98 Å². The molecule has 2 N–H and O–H groups in total. The minimum Gasteiger partial charge on any atom is -0.484 e. The Morgan fingerprint density at radius 1 is 1.38 bits per heavy atom. The summed E-state index contributed by atoms with van der Waals surface area (Å²) in [5.74, 6) is 0.377. The fourth-order valence-electron chi connectivity index (χ4n) is 2.90. The maximum Gasteiger partial charge on any atom is 0.255 e. The van der Waals surface area contributed by atoms with Crippen LogP contribution in [0.3, 0.4) is 0 Å². The van der Waals surface area contributed by atoms with Gasteiger partial charge in [0.2, 0.25) is 0 Å². The standard InChI is InChI=1S/C20H19N3O2S/c1-12(2)7-18-16(9-21)20(13-5-6-26-11-13)15-8-14(25-10-19(22)24)3-4-17(15)23-18/h3-6,8,11-12H,7,10H2,1-2H3,(H2,22,24). The number of rotatable bonds is 6. The van der Waals surface area contributed by atoms with E-state index in [0.717, 1.165) is 34.1 Å². The molecule has 6 heteroatoms. The molecule has 1 amide bonds. The number of nitriles is 1. The zero-order valence-electron chi connectivity index (χ0n) is 14.7. The molecule has 132 valence electrons. The molecule has 1 aromatic carbocycles. The molecule has 0 saturated heterocycles. The van der Waals surface area contributed by atoms with E-state index in [0.29, 0.717) is 17.2 Å². The summed E-state index contributed by atoms with van der Waals surface area (Å²) < 4.78 is 5.43. The van der Waals surface area contributed by atoms with E-state index in [1.54, 1.807) is 17.4 Å². The smallest absolute Gasteiger partial charge is 0.255 e. The van der Waals surface area contributed by atoms with Crippen molar-refractivity contribution in [2.45, 2.75) is 20.3 Å². The average molecular weight is 365 g/mol. The lowest BCUT2D eigenvalue weighted by Gasteiger charge is -2.14. The first-order valence-corrected chi connectivity index (χ1v) is 9.24. The van der Waals surface area contributed by atoms with Gasteiger partial charge in [0.25, 0.3) is 5.91 Å². The number of nitrogens with two attached hydrogens (primary N) is 1. The number of fused-ring (bicyclic) bond motifs is 1. The molecule has 0 bridgehead atoms. The quantitative estimate of drug-likeness (QED) is 0.717. The molecule has 3 aromatic rings. The average Bonchev–Trinajstić information content (AvgIpc) is 3.12. The highest BCUT2D eigenvalue weighted by molar-refractivity contribution is 7.08. The minimum absolute atomic E-state index is 0.191. The van der Waals surface area contributed by atoms with Gasteiger partial charge in [-0.25, -0.2) is 0 Å². The van der Waals surface area contributed by atoms with Gasteiger partial charge >= 0.3 is 0 Å². The Morgan fingerprint density at radius 3 is 2.81 bits per heavy atom. The van der Waals surface area contributed by atoms with Gasteiger partial charge in [-0.3, -0.25) is 9.78 Å². The normalized spacial score (nSPS) is 10.8. The summed E-state index contributed by atoms with van der Waals surface area (Å²) in [6, 6.07) is 9.78. The molecule has 0 spiro atoms. The second-order valence-corrected chi connectivity index (χ2v) is 7.24. The fourth-order valence-corrected chi connectivity index (χ4v) is 3.55. The highest BCUT2D eigenvalue weighted by Gasteiger charge is 2.18. The maximum absolute atomic E-state index is 11.0. The number of aromatic nitrogens is 1. The highest BCUT2D eigenvalue weighted by Crippen LogP contribution is 2.36. The van der Waals surface area contributed by atoms with Crippen molar-refractivity contribution in [3.8, 4) is 22.9 Å². The second kappa shape index (κ2) is 7.54. The van der Waals surface area contributed by atoms with Crippen molar-refractivity contribution in [2.24, 2.45) is 11.7 Å². The van der Waals surface area contributed by atoms with E-state index < -0.39 is 5.91 Å². The summed E-state index contributed by atoms with van der Waals surface area (Å²) in [5.41, 5.74) is 9.20. The molecule has 0 unspecified atom stereocenters. The van der Waals surface area contributed by atoms with Gasteiger partial charge in [-0.05, 0) is 52.9 Å². The Bertz CT molecular complexity index is 988. The molecule has 2 heterocycles. The summed E-state index contributed by atoms with van der Waals surface area (Å²) in [7, 11) is 0. The third-order valence-electron chi connectivity index (χ3n) is 3.94. The van der Waals surface area contributed by atoms with Crippen molar-refractivity contribution in [2.75, 3.05) is 6.61 Å². The lowest BCUT2D eigenvalue weighted by Crippen LogP contribution is -2.20. The van der Waals surface area contributed by atoms with Gasteiger partial charge in [-0.1, -0.05) is 13.8 Å². The molecule has 0 aliphatic rings. The second-order valence-electron chi connectivity index (χ2n) is 6.46. The Balaban J connectivity index is 2.25. The van der Waals surface area contributed by atoms with Crippen molar-refractivity contribution in [3.05, 3.63) is 46.3 Å². The number of ether oxygens (including phenoxy) is 1. The molecular formula is C20H19N3O2S. The number of nitrogens with zero attached hydrogens (tertiary/aromatic N) is 2. The van der Waals surface area contributed by atoms with Crippen LogP contribution in [-0.4, -0.2) is 17.5 Å².